The molecular weight excluding hydrogens is 336 g/mol. The molecule has 1 aromatic carbocycles. The summed E-state index contributed by atoms with van der Waals surface area (Å²) in [5.74, 6) is -2.35. The minimum atomic E-state index is -1.16. The smallest absolute Gasteiger partial charge is 0.304 e. The van der Waals surface area contributed by atoms with Crippen LogP contribution < -0.4 is 0 Å². The molecule has 24 heavy (non-hydrogen) atoms. The van der Waals surface area contributed by atoms with Gasteiger partial charge in [0.05, 0.1) is 22.3 Å². The molecule has 1 fully saturated rings. The third kappa shape index (κ3) is 2.67. The van der Waals surface area contributed by atoms with Crippen molar-refractivity contribution >= 4 is 35.1 Å². The number of thioether (sulfide) groups is 1. The van der Waals surface area contributed by atoms with Crippen LogP contribution in [0.4, 0.5) is 5.69 Å². The molecule has 0 bridgehead atoms. The summed E-state index contributed by atoms with van der Waals surface area (Å²) in [5, 5.41) is 20.2. The molecule has 9 heteroatoms. The highest BCUT2D eigenvalue weighted by Crippen LogP contribution is 2.43. The first-order chi connectivity index (χ1) is 11.4. The molecule has 1 atom stereocenters. The van der Waals surface area contributed by atoms with Gasteiger partial charge in [-0.25, -0.2) is 0 Å². The molecule has 1 saturated heterocycles. The lowest BCUT2D eigenvalue weighted by Crippen LogP contribution is -2.29. The summed E-state index contributed by atoms with van der Waals surface area (Å²) in [6.07, 6.45) is -0.451. The fourth-order valence-electron chi connectivity index (χ4n) is 2.82. The summed E-state index contributed by atoms with van der Waals surface area (Å²) in [4.78, 5) is 47.8. The maximum atomic E-state index is 12.8. The summed E-state index contributed by atoms with van der Waals surface area (Å²) in [7, 11) is 0. The Labute approximate surface area is 140 Å². The van der Waals surface area contributed by atoms with Crippen LogP contribution in [0.2, 0.25) is 0 Å². The highest BCUT2D eigenvalue weighted by molar-refractivity contribution is 8.03. The number of nitro benzene ring substituents is 1. The van der Waals surface area contributed by atoms with Crippen molar-refractivity contribution < 1.29 is 24.4 Å². The monoisotopic (exact) mass is 348 g/mol. The highest BCUT2D eigenvalue weighted by Gasteiger charge is 2.45. The van der Waals surface area contributed by atoms with Crippen LogP contribution in [-0.4, -0.2) is 44.9 Å². The number of hydrogen-bond acceptors (Lipinski definition) is 6. The van der Waals surface area contributed by atoms with E-state index in [1.165, 1.54) is 40.9 Å². The second-order valence-electron chi connectivity index (χ2n) is 5.34. The Morgan fingerprint density at radius 1 is 1.33 bits per heavy atom. The molecule has 3 rings (SSSR count). The lowest BCUT2D eigenvalue weighted by molar-refractivity contribution is -0.384. The Bertz CT molecular complexity index is 786. The zero-order valence-corrected chi connectivity index (χ0v) is 13.1. The molecule has 0 unspecified atom stereocenters. The van der Waals surface area contributed by atoms with Crippen LogP contribution in [0, 0.1) is 16.0 Å². The number of carbonyl (C=O) groups excluding carboxylic acids is 2. The second-order valence-corrected chi connectivity index (χ2v) is 6.42. The molecule has 124 valence electrons. The maximum Gasteiger partial charge on any atom is 0.304 e. The van der Waals surface area contributed by atoms with Crippen LogP contribution in [0.3, 0.4) is 0 Å². The predicted molar refractivity (Wildman–Crippen MR) is 84.4 cm³/mol. The van der Waals surface area contributed by atoms with Gasteiger partial charge in [-0.2, -0.15) is 0 Å². The standard InChI is InChI=1S/C15H12N2O6S/c18-11(19)7-10-12(15-16(14(10)21)5-6-24-15)13(20)8-1-3-9(4-2-8)17(22)23/h1-4,10H,5-7H2,(H,18,19)/t10-/m1/s1. The van der Waals surface area contributed by atoms with Gasteiger partial charge in [0, 0.05) is 35.6 Å². The van der Waals surface area contributed by atoms with Gasteiger partial charge in [0.1, 0.15) is 0 Å². The van der Waals surface area contributed by atoms with E-state index < -0.39 is 29.0 Å². The van der Waals surface area contributed by atoms with Gasteiger partial charge < -0.3 is 10.0 Å². The van der Waals surface area contributed by atoms with Crippen LogP contribution in [0.25, 0.3) is 0 Å². The lowest BCUT2D eigenvalue weighted by Gasteiger charge is -2.12. The lowest BCUT2D eigenvalue weighted by atomic mass is 9.91. The average molecular weight is 348 g/mol. The Morgan fingerprint density at radius 3 is 2.58 bits per heavy atom. The van der Waals surface area contributed by atoms with E-state index in [2.05, 4.69) is 0 Å². The number of fused-ring (bicyclic) bond motifs is 1. The van der Waals surface area contributed by atoms with Crippen molar-refractivity contribution in [1.82, 2.24) is 4.90 Å². The van der Waals surface area contributed by atoms with Gasteiger partial charge in [0.15, 0.2) is 5.78 Å². The number of carbonyl (C=O) groups is 3. The number of ketones is 1. The number of Topliss-reactive ketones (excluding diaryl/α,β-unsaturated/α-hetero) is 1. The van der Waals surface area contributed by atoms with Crippen LogP contribution in [0.15, 0.2) is 34.9 Å². The summed E-state index contributed by atoms with van der Waals surface area (Å²) < 4.78 is 0. The fourth-order valence-corrected chi connectivity index (χ4v) is 4.01. The van der Waals surface area contributed by atoms with E-state index >= 15 is 0 Å². The third-order valence-electron chi connectivity index (χ3n) is 3.91. The van der Waals surface area contributed by atoms with Crippen molar-refractivity contribution in [3.05, 3.63) is 50.5 Å². The number of hydrogen-bond donors (Lipinski definition) is 1. The Kier molecular flexibility index (Phi) is 4.10. The van der Waals surface area contributed by atoms with E-state index in [9.17, 15) is 24.5 Å². The molecule has 0 saturated carbocycles. The summed E-state index contributed by atoms with van der Waals surface area (Å²) in [6, 6.07) is 5.05. The molecule has 0 radical (unpaired) electrons. The molecular formula is C15H12N2O6S. The third-order valence-corrected chi connectivity index (χ3v) is 5.01. The van der Waals surface area contributed by atoms with Crippen molar-refractivity contribution in [1.29, 1.82) is 0 Å². The van der Waals surface area contributed by atoms with Crippen LogP contribution in [0.5, 0.6) is 0 Å². The molecule has 0 spiro atoms. The van der Waals surface area contributed by atoms with E-state index in [0.29, 0.717) is 17.3 Å². The summed E-state index contributed by atoms with van der Waals surface area (Å²) in [5.41, 5.74) is 0.227. The van der Waals surface area contributed by atoms with Crippen LogP contribution >= 0.6 is 11.8 Å². The van der Waals surface area contributed by atoms with Crippen molar-refractivity contribution in [3.63, 3.8) is 0 Å². The van der Waals surface area contributed by atoms with Gasteiger partial charge in [-0.1, -0.05) is 0 Å². The molecule has 0 aromatic heterocycles. The number of amides is 1. The van der Waals surface area contributed by atoms with Crippen molar-refractivity contribution in [3.8, 4) is 0 Å². The first-order valence-corrected chi connectivity index (χ1v) is 8.08. The summed E-state index contributed by atoms with van der Waals surface area (Å²) >= 11 is 1.35. The minimum absolute atomic E-state index is 0.148. The molecule has 2 aliphatic rings. The molecule has 0 aliphatic carbocycles. The molecule has 1 N–H and O–H groups in total. The number of nitro groups is 1. The van der Waals surface area contributed by atoms with Crippen LogP contribution in [0.1, 0.15) is 16.8 Å². The van der Waals surface area contributed by atoms with Crippen LogP contribution in [-0.2, 0) is 9.59 Å². The molecule has 1 amide bonds. The Morgan fingerprint density at radius 2 is 2.00 bits per heavy atom. The first kappa shape index (κ1) is 16.2. The second kappa shape index (κ2) is 6.08. The first-order valence-electron chi connectivity index (χ1n) is 7.09. The quantitative estimate of drug-likeness (QED) is 0.488. The van der Waals surface area contributed by atoms with Gasteiger partial charge in [-0.3, -0.25) is 24.5 Å². The minimum Gasteiger partial charge on any atom is -0.481 e. The Hall–Kier alpha value is -2.68. The normalized spacial score (nSPS) is 19.6. The zero-order chi connectivity index (χ0) is 17.4. The largest absolute Gasteiger partial charge is 0.481 e. The zero-order valence-electron chi connectivity index (χ0n) is 12.3. The van der Waals surface area contributed by atoms with E-state index in [1.54, 1.807) is 0 Å². The number of carboxylic acids is 1. The number of nitrogens with zero attached hydrogens (tertiary/aromatic N) is 2. The van der Waals surface area contributed by atoms with Crippen molar-refractivity contribution in [2.24, 2.45) is 5.92 Å². The van der Waals surface area contributed by atoms with Gasteiger partial charge in [0.2, 0.25) is 5.91 Å². The highest BCUT2D eigenvalue weighted by atomic mass is 32.2. The molecule has 2 heterocycles. The fraction of sp³-hybridized carbons (Fsp3) is 0.267. The Balaban J connectivity index is 1.98. The number of benzene rings is 1. The molecule has 8 nitrogen and oxygen atoms in total. The maximum absolute atomic E-state index is 12.8. The van der Waals surface area contributed by atoms with Gasteiger partial charge in [-0.15, -0.1) is 11.8 Å². The van der Waals surface area contributed by atoms with Gasteiger partial charge >= 0.3 is 5.97 Å². The van der Waals surface area contributed by atoms with Gasteiger partial charge in [0.25, 0.3) is 5.69 Å². The van der Waals surface area contributed by atoms with Crippen molar-refractivity contribution in [2.75, 3.05) is 12.3 Å². The van der Waals surface area contributed by atoms with E-state index in [-0.39, 0.29) is 22.7 Å². The number of aliphatic carboxylic acids is 1. The summed E-state index contributed by atoms with van der Waals surface area (Å²) in [6.45, 7) is 0.450. The SMILES string of the molecule is O=C(O)C[C@H]1C(=O)N2CCSC2=C1C(=O)c1ccc([N+](=O)[O-])cc1. The topological polar surface area (TPSA) is 118 Å². The predicted octanol–water partition coefficient (Wildman–Crippen LogP) is 1.67. The van der Waals surface area contributed by atoms with E-state index in [1.807, 2.05) is 0 Å². The van der Waals surface area contributed by atoms with E-state index in [0.717, 1.165) is 0 Å². The van der Waals surface area contributed by atoms with Gasteiger partial charge in [-0.05, 0) is 12.1 Å². The average Bonchev–Trinajstić information content (AvgIpc) is 3.10. The van der Waals surface area contributed by atoms with Crippen molar-refractivity contribution in [2.45, 2.75) is 6.42 Å². The number of non-ortho nitro benzene ring substituents is 1. The van der Waals surface area contributed by atoms with E-state index in [4.69, 9.17) is 5.11 Å². The number of rotatable bonds is 5. The number of carboxylic acid groups (broad SMARTS) is 1. The molecule has 2 aliphatic heterocycles. The molecule has 1 aromatic rings.